The van der Waals surface area contributed by atoms with Crippen molar-refractivity contribution in [3.05, 3.63) is 23.9 Å². The molecular weight excluding hydrogens is 237 g/mol. The van der Waals surface area contributed by atoms with Crippen molar-refractivity contribution in [2.24, 2.45) is 0 Å². The Morgan fingerprint density at radius 3 is 2.47 bits per heavy atom. The summed E-state index contributed by atoms with van der Waals surface area (Å²) in [6.07, 6.45) is -4.85. The van der Waals surface area contributed by atoms with E-state index in [2.05, 4.69) is 4.98 Å². The molecule has 1 aliphatic rings. The molecule has 1 fully saturated rings. The molecule has 1 aliphatic heterocycles. The number of Topliss-reactive ketones (excluding diaryl/α,β-unsaturated/α-hetero) is 1. The molecule has 0 bridgehead atoms. The summed E-state index contributed by atoms with van der Waals surface area (Å²) in [4.78, 5) is 26.6. The van der Waals surface area contributed by atoms with Gasteiger partial charge in [0.05, 0.1) is 13.0 Å². The van der Waals surface area contributed by atoms with Gasteiger partial charge in [0.15, 0.2) is 5.78 Å². The third-order valence-electron chi connectivity index (χ3n) is 2.29. The van der Waals surface area contributed by atoms with Crippen molar-refractivity contribution in [3.63, 3.8) is 0 Å². The van der Waals surface area contributed by atoms with Gasteiger partial charge in [-0.15, -0.1) is 0 Å². The molecule has 0 spiro atoms. The van der Waals surface area contributed by atoms with E-state index in [-0.39, 0.29) is 24.6 Å². The third kappa shape index (κ3) is 2.27. The van der Waals surface area contributed by atoms with Gasteiger partial charge in [-0.05, 0) is 12.1 Å². The predicted molar refractivity (Wildman–Crippen MR) is 51.2 cm³/mol. The number of ketones is 1. The first kappa shape index (κ1) is 11.6. The number of carbonyl (C=O) groups excluding carboxylic acids is 2. The number of carbonyl (C=O) groups is 2. The summed E-state index contributed by atoms with van der Waals surface area (Å²) in [6, 6.07) is 3.23. The van der Waals surface area contributed by atoms with Gasteiger partial charge in [-0.2, -0.15) is 13.2 Å². The first-order valence-electron chi connectivity index (χ1n) is 4.74. The van der Waals surface area contributed by atoms with Crippen molar-refractivity contribution in [2.45, 2.75) is 12.6 Å². The summed E-state index contributed by atoms with van der Waals surface area (Å²) in [5.74, 6) is -0.994. The summed E-state index contributed by atoms with van der Waals surface area (Å²) in [5, 5.41) is 0. The van der Waals surface area contributed by atoms with Crippen LogP contribution in [0.1, 0.15) is 12.1 Å². The van der Waals surface area contributed by atoms with Gasteiger partial charge in [0.1, 0.15) is 11.5 Å². The van der Waals surface area contributed by atoms with Crippen LogP contribution in [-0.2, 0) is 15.8 Å². The summed E-state index contributed by atoms with van der Waals surface area (Å²) in [6.45, 7) is -0.215. The SMILES string of the molecule is O=C1CC(=O)N(c2cccc(C(F)(F)F)n2)C1. The van der Waals surface area contributed by atoms with E-state index in [4.69, 9.17) is 0 Å². The Hall–Kier alpha value is -1.92. The molecule has 0 unspecified atom stereocenters. The molecule has 4 nitrogen and oxygen atoms in total. The van der Waals surface area contributed by atoms with Crippen LogP contribution in [0.3, 0.4) is 0 Å². The highest BCUT2D eigenvalue weighted by Gasteiger charge is 2.35. The maximum atomic E-state index is 12.4. The van der Waals surface area contributed by atoms with Gasteiger partial charge in [-0.25, -0.2) is 4.98 Å². The molecule has 0 atom stereocenters. The predicted octanol–water partition coefficient (Wildman–Crippen LogP) is 1.41. The Balaban J connectivity index is 2.34. The van der Waals surface area contributed by atoms with Gasteiger partial charge in [0.2, 0.25) is 5.91 Å². The summed E-state index contributed by atoms with van der Waals surface area (Å²) < 4.78 is 37.2. The van der Waals surface area contributed by atoms with Gasteiger partial charge in [-0.3, -0.25) is 14.5 Å². The lowest BCUT2D eigenvalue weighted by molar-refractivity contribution is -0.141. The first-order chi connectivity index (χ1) is 7.88. The fraction of sp³-hybridized carbons (Fsp3) is 0.300. The maximum Gasteiger partial charge on any atom is 0.433 e. The monoisotopic (exact) mass is 244 g/mol. The van der Waals surface area contributed by atoms with Crippen LogP contribution >= 0.6 is 0 Å². The Morgan fingerprint density at radius 1 is 1.24 bits per heavy atom. The van der Waals surface area contributed by atoms with E-state index in [1.54, 1.807) is 0 Å². The van der Waals surface area contributed by atoms with Crippen molar-refractivity contribution in [3.8, 4) is 0 Å². The van der Waals surface area contributed by atoms with E-state index >= 15 is 0 Å². The molecule has 0 saturated carbocycles. The standard InChI is InChI=1S/C10H7F3N2O2/c11-10(12,13)7-2-1-3-8(14-7)15-5-6(16)4-9(15)17/h1-3H,4-5H2. The molecule has 1 amide bonds. The number of hydrogen-bond donors (Lipinski definition) is 0. The van der Waals surface area contributed by atoms with Crippen LogP contribution in [0.2, 0.25) is 0 Å². The first-order valence-corrected chi connectivity index (χ1v) is 4.74. The van der Waals surface area contributed by atoms with Gasteiger partial charge in [-0.1, -0.05) is 6.07 Å². The number of amides is 1. The molecule has 1 saturated heterocycles. The van der Waals surface area contributed by atoms with Crippen LogP contribution in [0, 0.1) is 0 Å². The number of rotatable bonds is 1. The minimum atomic E-state index is -4.57. The van der Waals surface area contributed by atoms with Crippen molar-refractivity contribution in [2.75, 3.05) is 11.4 Å². The molecule has 17 heavy (non-hydrogen) atoms. The van der Waals surface area contributed by atoms with E-state index in [0.717, 1.165) is 17.0 Å². The molecule has 0 aromatic carbocycles. The van der Waals surface area contributed by atoms with Gasteiger partial charge < -0.3 is 0 Å². The normalized spacial score (nSPS) is 16.8. The molecule has 0 aliphatic carbocycles. The molecule has 1 aromatic heterocycles. The van der Waals surface area contributed by atoms with E-state index < -0.39 is 17.8 Å². The Morgan fingerprint density at radius 2 is 1.94 bits per heavy atom. The Kier molecular flexibility index (Phi) is 2.60. The zero-order valence-electron chi connectivity index (χ0n) is 8.49. The molecular formula is C10H7F3N2O2. The van der Waals surface area contributed by atoms with E-state index in [1.165, 1.54) is 6.07 Å². The topological polar surface area (TPSA) is 50.3 Å². The van der Waals surface area contributed by atoms with Crippen molar-refractivity contribution in [1.29, 1.82) is 0 Å². The molecule has 2 rings (SSSR count). The lowest BCUT2D eigenvalue weighted by Crippen LogP contribution is -2.26. The Bertz CT molecular complexity index is 485. The van der Waals surface area contributed by atoms with E-state index in [1.807, 2.05) is 0 Å². The summed E-state index contributed by atoms with van der Waals surface area (Å²) in [5.41, 5.74) is -1.08. The van der Waals surface area contributed by atoms with Crippen molar-refractivity contribution in [1.82, 2.24) is 4.98 Å². The van der Waals surface area contributed by atoms with Crippen molar-refractivity contribution >= 4 is 17.5 Å². The van der Waals surface area contributed by atoms with Crippen LogP contribution in [-0.4, -0.2) is 23.2 Å². The van der Waals surface area contributed by atoms with Crippen LogP contribution in [0.15, 0.2) is 18.2 Å². The van der Waals surface area contributed by atoms with Crippen LogP contribution in [0.4, 0.5) is 19.0 Å². The smallest absolute Gasteiger partial charge is 0.297 e. The Labute approximate surface area is 94.0 Å². The molecule has 90 valence electrons. The van der Waals surface area contributed by atoms with Gasteiger partial charge >= 0.3 is 6.18 Å². The summed E-state index contributed by atoms with van der Waals surface area (Å²) in [7, 11) is 0. The van der Waals surface area contributed by atoms with Crippen molar-refractivity contribution < 1.29 is 22.8 Å². The molecule has 1 aromatic rings. The molecule has 0 N–H and O–H groups in total. The number of alkyl halides is 3. The highest BCUT2D eigenvalue weighted by molar-refractivity contribution is 6.14. The lowest BCUT2D eigenvalue weighted by atomic mass is 10.3. The highest BCUT2D eigenvalue weighted by Crippen LogP contribution is 2.29. The van der Waals surface area contributed by atoms with Crippen LogP contribution < -0.4 is 4.90 Å². The molecule has 0 radical (unpaired) electrons. The van der Waals surface area contributed by atoms with Crippen LogP contribution in [0.5, 0.6) is 0 Å². The minimum Gasteiger partial charge on any atom is -0.297 e. The highest BCUT2D eigenvalue weighted by atomic mass is 19.4. The zero-order chi connectivity index (χ0) is 12.6. The average Bonchev–Trinajstić information content (AvgIpc) is 2.57. The fourth-order valence-electron chi connectivity index (χ4n) is 1.52. The number of halogens is 3. The lowest BCUT2D eigenvalue weighted by Gasteiger charge is -2.15. The number of pyridine rings is 1. The van der Waals surface area contributed by atoms with Crippen LogP contribution in [0.25, 0.3) is 0 Å². The second-order valence-corrected chi connectivity index (χ2v) is 3.57. The molecule has 2 heterocycles. The number of anilines is 1. The third-order valence-corrected chi connectivity index (χ3v) is 2.29. The number of aromatic nitrogens is 1. The zero-order valence-corrected chi connectivity index (χ0v) is 8.49. The van der Waals surface area contributed by atoms with E-state index in [0.29, 0.717) is 0 Å². The second kappa shape index (κ2) is 3.83. The van der Waals surface area contributed by atoms with Gasteiger partial charge in [0.25, 0.3) is 0 Å². The molecule has 7 heteroatoms. The number of hydrogen-bond acceptors (Lipinski definition) is 3. The summed E-state index contributed by atoms with van der Waals surface area (Å²) >= 11 is 0. The largest absolute Gasteiger partial charge is 0.433 e. The quantitative estimate of drug-likeness (QED) is 0.702. The number of nitrogens with zero attached hydrogens (tertiary/aromatic N) is 2. The van der Waals surface area contributed by atoms with E-state index in [9.17, 15) is 22.8 Å². The minimum absolute atomic E-state index is 0.143. The maximum absolute atomic E-state index is 12.4. The average molecular weight is 244 g/mol. The fourth-order valence-corrected chi connectivity index (χ4v) is 1.52. The van der Waals surface area contributed by atoms with Gasteiger partial charge in [0, 0.05) is 0 Å². The second-order valence-electron chi connectivity index (χ2n) is 3.57.